The van der Waals surface area contributed by atoms with Crippen molar-refractivity contribution >= 4 is 0 Å². The Morgan fingerprint density at radius 2 is 1.00 bits per heavy atom. The van der Waals surface area contributed by atoms with Gasteiger partial charge in [-0.25, -0.2) is 30.8 Å². The van der Waals surface area contributed by atoms with Crippen molar-refractivity contribution in [2.75, 3.05) is 27.2 Å². The predicted octanol–water partition coefficient (Wildman–Crippen LogP) is 3.90. The number of H-pyrrole nitrogens is 2. The minimum Gasteiger partial charge on any atom is -0.341 e. The van der Waals surface area contributed by atoms with E-state index >= 15 is 0 Å². The van der Waals surface area contributed by atoms with Crippen LogP contribution in [0.15, 0.2) is 60.9 Å². The number of hydrazine groups is 2. The molecule has 2 fully saturated rings. The van der Waals surface area contributed by atoms with Gasteiger partial charge in [-0.3, -0.25) is 0 Å². The number of nitrogens with zero attached hydrogens (tertiary/aromatic N) is 4. The van der Waals surface area contributed by atoms with Crippen LogP contribution in [0.4, 0.5) is 0 Å². The van der Waals surface area contributed by atoms with Gasteiger partial charge < -0.3 is 9.97 Å². The highest BCUT2D eigenvalue weighted by atomic mass is 15.5. The fourth-order valence-electron chi connectivity index (χ4n) is 4.84. The highest BCUT2D eigenvalue weighted by Crippen LogP contribution is 2.29. The molecule has 174 valence electrons. The van der Waals surface area contributed by atoms with Crippen molar-refractivity contribution in [1.29, 1.82) is 0 Å². The molecular formula is C26H30N8. The quantitative estimate of drug-likeness (QED) is 0.366. The Morgan fingerprint density at radius 3 is 1.35 bits per heavy atom. The van der Waals surface area contributed by atoms with Gasteiger partial charge in [-0.05, 0) is 35.1 Å². The van der Waals surface area contributed by atoms with E-state index in [9.17, 15) is 0 Å². The van der Waals surface area contributed by atoms with E-state index < -0.39 is 0 Å². The average molecular weight is 455 g/mol. The summed E-state index contributed by atoms with van der Waals surface area (Å²) in [7, 11) is 4.13. The molecule has 2 atom stereocenters. The van der Waals surface area contributed by atoms with E-state index in [1.807, 2.05) is 12.4 Å². The van der Waals surface area contributed by atoms with Gasteiger partial charge in [0, 0.05) is 27.2 Å². The third kappa shape index (κ3) is 4.17. The van der Waals surface area contributed by atoms with Crippen molar-refractivity contribution in [3.63, 3.8) is 0 Å². The minimum absolute atomic E-state index is 0.262. The molecule has 0 unspecified atom stereocenters. The molecule has 8 heteroatoms. The van der Waals surface area contributed by atoms with Crippen LogP contribution in [0.5, 0.6) is 0 Å². The zero-order valence-electron chi connectivity index (χ0n) is 19.5. The number of rotatable bonds is 5. The lowest BCUT2D eigenvalue weighted by atomic mass is 10.0. The normalized spacial score (nSPS) is 21.5. The van der Waals surface area contributed by atoms with Crippen LogP contribution in [0.2, 0.25) is 0 Å². The van der Waals surface area contributed by atoms with Crippen molar-refractivity contribution in [3.05, 3.63) is 72.6 Å². The molecule has 2 aromatic carbocycles. The standard InChI is InChI=1S/C26H30N8/c1-33-13-11-21(31-33)25-27-15-23(29-25)19-7-3-17(4-8-19)18-5-9-20(10-6-18)24-16-28-26(30-24)22-12-14-34(2)32-22/h3-10,15-16,21-22,31-32H,11-14H2,1-2H3,(H,27,29)(H,28,30)/t21-,22-/m0/s1. The monoisotopic (exact) mass is 454 g/mol. The van der Waals surface area contributed by atoms with Gasteiger partial charge in [0.15, 0.2) is 0 Å². The van der Waals surface area contributed by atoms with Crippen LogP contribution in [-0.4, -0.2) is 57.1 Å². The van der Waals surface area contributed by atoms with Gasteiger partial charge in [-0.15, -0.1) is 0 Å². The summed E-state index contributed by atoms with van der Waals surface area (Å²) < 4.78 is 0. The lowest BCUT2D eigenvalue weighted by molar-refractivity contribution is 0.290. The SMILES string of the molecule is CN1CC[C@@H](c2ncc(-c3ccc(-c4ccc(-c5cnc([C@@H]6CCN(C)N6)[nH]5)cc4)cc3)[nH]2)N1. The molecule has 8 nitrogen and oxygen atoms in total. The first-order valence-corrected chi connectivity index (χ1v) is 11.9. The Hall–Kier alpha value is -3.30. The second-order valence-electron chi connectivity index (χ2n) is 9.30. The van der Waals surface area contributed by atoms with Crippen LogP contribution in [0.3, 0.4) is 0 Å². The fraction of sp³-hybridized carbons (Fsp3) is 0.308. The van der Waals surface area contributed by atoms with E-state index in [4.69, 9.17) is 0 Å². The Morgan fingerprint density at radius 1 is 0.618 bits per heavy atom. The van der Waals surface area contributed by atoms with Gasteiger partial charge >= 0.3 is 0 Å². The smallest absolute Gasteiger partial charge is 0.125 e. The van der Waals surface area contributed by atoms with Gasteiger partial charge in [0.25, 0.3) is 0 Å². The number of benzene rings is 2. The third-order valence-corrected chi connectivity index (χ3v) is 6.84. The Balaban J connectivity index is 1.15. The molecule has 2 aliphatic heterocycles. The fourth-order valence-corrected chi connectivity index (χ4v) is 4.84. The van der Waals surface area contributed by atoms with Crippen LogP contribution >= 0.6 is 0 Å². The zero-order valence-corrected chi connectivity index (χ0v) is 19.5. The largest absolute Gasteiger partial charge is 0.341 e. The maximum atomic E-state index is 4.60. The number of hydrogen-bond donors (Lipinski definition) is 4. The van der Waals surface area contributed by atoms with Crippen LogP contribution in [0.1, 0.15) is 36.6 Å². The van der Waals surface area contributed by atoms with Crippen LogP contribution in [-0.2, 0) is 0 Å². The van der Waals surface area contributed by atoms with E-state index in [0.717, 1.165) is 60.1 Å². The van der Waals surface area contributed by atoms with E-state index in [1.54, 1.807) is 0 Å². The number of aromatic amines is 2. The molecule has 0 amide bonds. The van der Waals surface area contributed by atoms with Crippen LogP contribution < -0.4 is 10.9 Å². The zero-order chi connectivity index (χ0) is 23.1. The van der Waals surface area contributed by atoms with Crippen molar-refractivity contribution in [2.24, 2.45) is 0 Å². The molecule has 0 saturated carbocycles. The summed E-state index contributed by atoms with van der Waals surface area (Å²) in [6.07, 6.45) is 5.98. The molecule has 4 heterocycles. The molecular weight excluding hydrogens is 424 g/mol. The summed E-state index contributed by atoms with van der Waals surface area (Å²) in [6.45, 7) is 2.07. The molecule has 0 radical (unpaired) electrons. The van der Waals surface area contributed by atoms with Crippen molar-refractivity contribution in [2.45, 2.75) is 24.9 Å². The van der Waals surface area contributed by atoms with Crippen molar-refractivity contribution in [3.8, 4) is 33.6 Å². The number of aromatic nitrogens is 4. The molecule has 2 aromatic heterocycles. The van der Waals surface area contributed by atoms with Gasteiger partial charge in [0.1, 0.15) is 11.6 Å². The molecule has 0 aliphatic carbocycles. The van der Waals surface area contributed by atoms with Gasteiger partial charge in [-0.2, -0.15) is 0 Å². The van der Waals surface area contributed by atoms with E-state index in [1.165, 1.54) is 11.1 Å². The molecule has 6 rings (SSSR count). The predicted molar refractivity (Wildman–Crippen MR) is 133 cm³/mol. The van der Waals surface area contributed by atoms with E-state index in [-0.39, 0.29) is 12.1 Å². The summed E-state index contributed by atoms with van der Waals surface area (Å²) in [6, 6.07) is 17.8. The average Bonchev–Trinajstić information content (AvgIpc) is 3.66. The molecule has 2 saturated heterocycles. The topological polar surface area (TPSA) is 87.9 Å². The highest BCUT2D eigenvalue weighted by molar-refractivity contribution is 5.71. The number of hydrogen-bond acceptors (Lipinski definition) is 6. The van der Waals surface area contributed by atoms with Crippen molar-refractivity contribution in [1.82, 2.24) is 40.8 Å². The first-order chi connectivity index (χ1) is 16.6. The molecule has 2 aliphatic rings. The van der Waals surface area contributed by atoms with Gasteiger partial charge in [0.2, 0.25) is 0 Å². The van der Waals surface area contributed by atoms with E-state index in [2.05, 4.69) is 103 Å². The summed E-state index contributed by atoms with van der Waals surface area (Å²) in [5, 5.41) is 4.23. The molecule has 0 bridgehead atoms. The summed E-state index contributed by atoms with van der Waals surface area (Å²) >= 11 is 0. The molecule has 4 N–H and O–H groups in total. The maximum Gasteiger partial charge on any atom is 0.125 e. The van der Waals surface area contributed by atoms with Crippen molar-refractivity contribution < 1.29 is 0 Å². The lowest BCUT2D eigenvalue weighted by Gasteiger charge is -2.10. The molecule has 4 aromatic rings. The lowest BCUT2D eigenvalue weighted by Crippen LogP contribution is -2.28. The van der Waals surface area contributed by atoms with Crippen LogP contribution in [0.25, 0.3) is 33.6 Å². The summed E-state index contributed by atoms with van der Waals surface area (Å²) in [5.74, 6) is 1.99. The first-order valence-electron chi connectivity index (χ1n) is 11.9. The first kappa shape index (κ1) is 21.2. The maximum absolute atomic E-state index is 4.60. The van der Waals surface area contributed by atoms with Gasteiger partial charge in [0.05, 0.1) is 35.9 Å². The summed E-state index contributed by atoms with van der Waals surface area (Å²) in [5.41, 5.74) is 13.6. The highest BCUT2D eigenvalue weighted by Gasteiger charge is 2.24. The summed E-state index contributed by atoms with van der Waals surface area (Å²) in [4.78, 5) is 16.2. The number of nitrogens with one attached hydrogen (secondary N) is 4. The second kappa shape index (κ2) is 8.81. The second-order valence-corrected chi connectivity index (χ2v) is 9.30. The Labute approximate surface area is 199 Å². The minimum atomic E-state index is 0.262. The Bertz CT molecular complexity index is 1160. The van der Waals surface area contributed by atoms with Crippen LogP contribution in [0, 0.1) is 0 Å². The molecule has 34 heavy (non-hydrogen) atoms. The number of imidazole rings is 2. The molecule has 0 spiro atoms. The third-order valence-electron chi connectivity index (χ3n) is 6.84. The Kier molecular flexibility index (Phi) is 5.50. The van der Waals surface area contributed by atoms with E-state index in [0.29, 0.717) is 0 Å². The van der Waals surface area contributed by atoms with Gasteiger partial charge in [-0.1, -0.05) is 48.5 Å².